The fourth-order valence-electron chi connectivity index (χ4n) is 2.41. The minimum absolute atomic E-state index is 0.0166. The average Bonchev–Trinajstić information content (AvgIpc) is 2.67. The van der Waals surface area contributed by atoms with Gasteiger partial charge in [-0.1, -0.05) is 0 Å². The number of amides is 4. The highest BCUT2D eigenvalue weighted by atomic mass is 16.4. The number of hydrogen-bond donors (Lipinski definition) is 9. The molecule has 0 saturated carbocycles. The Bertz CT molecular complexity index is 781. The van der Waals surface area contributed by atoms with Crippen molar-refractivity contribution in [1.29, 1.82) is 0 Å². The number of primary amides is 1. The highest BCUT2D eigenvalue weighted by Gasteiger charge is 2.31. The largest absolute Gasteiger partial charge is 0.481 e. The smallest absolute Gasteiger partial charge is 0.326 e. The molecule has 0 spiro atoms. The van der Waals surface area contributed by atoms with Gasteiger partial charge >= 0.3 is 11.9 Å². The van der Waals surface area contributed by atoms with E-state index in [0.29, 0.717) is 0 Å². The number of aliphatic imine (C=N–C) groups is 1. The summed E-state index contributed by atoms with van der Waals surface area (Å²) in [6.07, 6.45) is -1.42. The zero-order chi connectivity index (χ0) is 25.7. The summed E-state index contributed by atoms with van der Waals surface area (Å²) < 4.78 is 0. The van der Waals surface area contributed by atoms with Gasteiger partial charge < -0.3 is 49.1 Å². The summed E-state index contributed by atoms with van der Waals surface area (Å²) in [7, 11) is 0. The van der Waals surface area contributed by atoms with Gasteiger partial charge in [-0.3, -0.25) is 29.0 Å². The molecular weight excluding hydrogens is 444 g/mol. The van der Waals surface area contributed by atoms with Crippen molar-refractivity contribution in [2.24, 2.45) is 27.9 Å². The van der Waals surface area contributed by atoms with Crippen molar-refractivity contribution in [2.75, 3.05) is 6.54 Å². The lowest BCUT2D eigenvalue weighted by Gasteiger charge is -2.24. The first kappa shape index (κ1) is 29.0. The van der Waals surface area contributed by atoms with Crippen LogP contribution in [0.5, 0.6) is 0 Å². The third kappa shape index (κ3) is 12.5. The zero-order valence-corrected chi connectivity index (χ0v) is 17.9. The third-order valence-corrected chi connectivity index (χ3v) is 4.02. The molecule has 186 valence electrons. The molecule has 13 N–H and O–H groups in total. The summed E-state index contributed by atoms with van der Waals surface area (Å²) in [5.41, 5.74) is 21.0. The van der Waals surface area contributed by atoms with Crippen LogP contribution >= 0.6 is 0 Å². The summed E-state index contributed by atoms with van der Waals surface area (Å²) in [4.78, 5) is 74.2. The summed E-state index contributed by atoms with van der Waals surface area (Å²) in [6, 6.07) is -5.64. The summed E-state index contributed by atoms with van der Waals surface area (Å²) in [5.74, 6) is -7.07. The monoisotopic (exact) mass is 474 g/mol. The van der Waals surface area contributed by atoms with Crippen LogP contribution in [0.2, 0.25) is 0 Å². The lowest BCUT2D eigenvalue weighted by Crippen LogP contribution is -2.57. The van der Waals surface area contributed by atoms with Gasteiger partial charge in [-0.15, -0.1) is 0 Å². The average molecular weight is 474 g/mol. The quantitative estimate of drug-likeness (QED) is 0.0616. The molecule has 4 unspecified atom stereocenters. The van der Waals surface area contributed by atoms with Gasteiger partial charge in [0.05, 0.1) is 18.9 Å². The molecule has 0 aliphatic heterocycles. The van der Waals surface area contributed by atoms with Crippen LogP contribution < -0.4 is 38.9 Å². The second kappa shape index (κ2) is 14.2. The van der Waals surface area contributed by atoms with Crippen LogP contribution in [-0.2, 0) is 28.8 Å². The Hall–Kier alpha value is -3.95. The van der Waals surface area contributed by atoms with Crippen LogP contribution in [0.25, 0.3) is 0 Å². The molecule has 0 bridgehead atoms. The number of carbonyl (C=O) groups is 6. The maximum Gasteiger partial charge on any atom is 0.326 e. The predicted octanol–water partition coefficient (Wildman–Crippen LogP) is -4.72. The van der Waals surface area contributed by atoms with Gasteiger partial charge in [-0.2, -0.15) is 0 Å². The molecule has 0 aromatic rings. The number of nitrogens with one attached hydrogen (secondary N) is 3. The molecule has 0 aliphatic rings. The van der Waals surface area contributed by atoms with E-state index in [-0.39, 0.29) is 25.3 Å². The van der Waals surface area contributed by atoms with E-state index in [0.717, 1.165) is 0 Å². The van der Waals surface area contributed by atoms with Gasteiger partial charge in [-0.05, 0) is 19.8 Å². The topological polar surface area (TPSA) is 295 Å². The van der Waals surface area contributed by atoms with Crippen molar-refractivity contribution >= 4 is 41.5 Å². The normalized spacial score (nSPS) is 14.0. The van der Waals surface area contributed by atoms with Gasteiger partial charge in [0.2, 0.25) is 23.6 Å². The Morgan fingerprint density at radius 3 is 1.79 bits per heavy atom. The SMILES string of the molecule is CC(N)C(=O)NC(CCCN=C(N)N)C(=O)NC(CC(N)=O)C(=O)NC(CC(=O)O)C(=O)O. The maximum absolute atomic E-state index is 12.7. The van der Waals surface area contributed by atoms with Crippen LogP contribution in [0.3, 0.4) is 0 Å². The van der Waals surface area contributed by atoms with Crippen LogP contribution in [-0.4, -0.2) is 82.5 Å². The zero-order valence-electron chi connectivity index (χ0n) is 17.9. The fourth-order valence-corrected chi connectivity index (χ4v) is 2.41. The molecule has 0 aromatic heterocycles. The molecule has 0 rings (SSSR count). The molecule has 0 aromatic carbocycles. The van der Waals surface area contributed by atoms with Crippen LogP contribution in [0.15, 0.2) is 4.99 Å². The number of nitrogens with two attached hydrogens (primary N) is 4. The molecule has 33 heavy (non-hydrogen) atoms. The van der Waals surface area contributed by atoms with E-state index >= 15 is 0 Å². The number of guanidine groups is 1. The Morgan fingerprint density at radius 2 is 1.33 bits per heavy atom. The Balaban J connectivity index is 5.51. The highest BCUT2D eigenvalue weighted by Crippen LogP contribution is 2.03. The van der Waals surface area contributed by atoms with Crippen LogP contribution in [0.4, 0.5) is 0 Å². The number of carboxylic acids is 2. The number of nitrogens with zero attached hydrogens (tertiary/aromatic N) is 1. The van der Waals surface area contributed by atoms with E-state index in [1.54, 1.807) is 0 Å². The van der Waals surface area contributed by atoms with Crippen molar-refractivity contribution in [2.45, 2.75) is 56.8 Å². The number of carboxylic acid groups (broad SMARTS) is 2. The van der Waals surface area contributed by atoms with Gasteiger partial charge in [-0.25, -0.2) is 4.79 Å². The molecule has 0 heterocycles. The first-order valence-corrected chi connectivity index (χ1v) is 9.69. The van der Waals surface area contributed by atoms with Crippen molar-refractivity contribution in [1.82, 2.24) is 16.0 Å². The van der Waals surface area contributed by atoms with E-state index in [9.17, 15) is 28.8 Å². The maximum atomic E-state index is 12.7. The second-order valence-electron chi connectivity index (χ2n) is 7.03. The predicted molar refractivity (Wildman–Crippen MR) is 113 cm³/mol. The standard InChI is InChI=1S/C17H30N8O8/c1-7(18)13(29)23-8(3-2-4-22-17(20)21)14(30)24-9(5-11(19)26)15(31)25-10(16(32)33)6-12(27)28/h7-10H,2-6,18H2,1H3,(H2,19,26)(H,23,29)(H,24,30)(H,25,31)(H,27,28)(H,32,33)(H4,20,21,22). The van der Waals surface area contributed by atoms with E-state index in [1.165, 1.54) is 6.92 Å². The van der Waals surface area contributed by atoms with Gasteiger partial charge in [0.15, 0.2) is 5.96 Å². The van der Waals surface area contributed by atoms with E-state index in [4.69, 9.17) is 33.1 Å². The minimum atomic E-state index is -1.82. The third-order valence-electron chi connectivity index (χ3n) is 4.02. The number of rotatable bonds is 15. The Labute approximate surface area is 188 Å². The lowest BCUT2D eigenvalue weighted by molar-refractivity contribution is -0.147. The summed E-state index contributed by atoms with van der Waals surface area (Å²) >= 11 is 0. The van der Waals surface area contributed by atoms with Crippen molar-refractivity contribution in [3.05, 3.63) is 0 Å². The molecule has 4 atom stereocenters. The molecule has 0 saturated heterocycles. The van der Waals surface area contributed by atoms with Gasteiger partial charge in [0.1, 0.15) is 18.1 Å². The highest BCUT2D eigenvalue weighted by molar-refractivity contribution is 5.96. The number of aliphatic carboxylic acids is 2. The molecule has 0 radical (unpaired) electrons. The number of carbonyl (C=O) groups excluding carboxylic acids is 4. The van der Waals surface area contributed by atoms with Crippen molar-refractivity contribution in [3.8, 4) is 0 Å². The lowest BCUT2D eigenvalue weighted by atomic mass is 10.1. The van der Waals surface area contributed by atoms with Crippen molar-refractivity contribution in [3.63, 3.8) is 0 Å². The molecule has 4 amide bonds. The van der Waals surface area contributed by atoms with Crippen molar-refractivity contribution < 1.29 is 39.0 Å². The molecule has 0 aliphatic carbocycles. The van der Waals surface area contributed by atoms with E-state index < -0.39 is 72.6 Å². The first-order chi connectivity index (χ1) is 15.2. The minimum Gasteiger partial charge on any atom is -0.481 e. The molecule has 0 fully saturated rings. The first-order valence-electron chi connectivity index (χ1n) is 9.69. The second-order valence-corrected chi connectivity index (χ2v) is 7.03. The Kier molecular flexibility index (Phi) is 12.5. The molecule has 16 heteroatoms. The summed E-state index contributed by atoms with van der Waals surface area (Å²) in [5, 5.41) is 24.4. The molecule has 16 nitrogen and oxygen atoms in total. The van der Waals surface area contributed by atoms with E-state index in [2.05, 4.69) is 15.6 Å². The molecular formula is C17H30N8O8. The van der Waals surface area contributed by atoms with Crippen LogP contribution in [0.1, 0.15) is 32.6 Å². The number of hydrogen-bond acceptors (Lipinski definition) is 8. The Morgan fingerprint density at radius 1 is 0.818 bits per heavy atom. The summed E-state index contributed by atoms with van der Waals surface area (Å²) in [6.45, 7) is 1.50. The van der Waals surface area contributed by atoms with Gasteiger partial charge in [0.25, 0.3) is 0 Å². The van der Waals surface area contributed by atoms with Gasteiger partial charge in [0, 0.05) is 6.54 Å². The van der Waals surface area contributed by atoms with Crippen LogP contribution in [0, 0.1) is 0 Å². The van der Waals surface area contributed by atoms with E-state index in [1.807, 2.05) is 5.32 Å². The fraction of sp³-hybridized carbons (Fsp3) is 0.588.